The number of amides is 1. The largest absolute Gasteiger partial charge is 0.497 e. The summed E-state index contributed by atoms with van der Waals surface area (Å²) >= 11 is 0. The zero-order valence-corrected chi connectivity index (χ0v) is 10.3. The minimum Gasteiger partial charge on any atom is -0.497 e. The number of benzene rings is 1. The summed E-state index contributed by atoms with van der Waals surface area (Å²) in [5.41, 5.74) is 0.528. The van der Waals surface area contributed by atoms with Gasteiger partial charge in [0.2, 0.25) is 5.91 Å². The lowest BCUT2D eigenvalue weighted by atomic mass is 10.3. The molecule has 5 heteroatoms. The van der Waals surface area contributed by atoms with Gasteiger partial charge in [0.25, 0.3) is 0 Å². The monoisotopic (exact) mass is 240 g/mol. The Morgan fingerprint density at radius 1 is 1.47 bits per heavy atom. The molecule has 0 atom stereocenters. The van der Waals surface area contributed by atoms with E-state index in [1.54, 1.807) is 18.0 Å². The first-order valence-corrected chi connectivity index (χ1v) is 5.39. The smallest absolute Gasteiger partial charge is 0.241 e. The van der Waals surface area contributed by atoms with Gasteiger partial charge in [0.1, 0.15) is 11.6 Å². The van der Waals surface area contributed by atoms with E-state index in [0.29, 0.717) is 18.0 Å². The molecule has 0 unspecified atom stereocenters. The molecule has 1 N–H and O–H groups in total. The Morgan fingerprint density at radius 3 is 2.76 bits per heavy atom. The molecule has 0 aliphatic rings. The van der Waals surface area contributed by atoms with Crippen LogP contribution in [0, 0.1) is 5.82 Å². The molecule has 1 aromatic carbocycles. The van der Waals surface area contributed by atoms with Crippen molar-refractivity contribution >= 4 is 11.6 Å². The van der Waals surface area contributed by atoms with E-state index in [2.05, 4.69) is 5.32 Å². The number of nitrogens with zero attached hydrogens (tertiary/aromatic N) is 1. The Bertz CT molecular complexity index is 396. The first kappa shape index (κ1) is 13.3. The fourth-order valence-corrected chi connectivity index (χ4v) is 1.27. The first-order valence-electron chi connectivity index (χ1n) is 5.39. The topological polar surface area (TPSA) is 41.6 Å². The van der Waals surface area contributed by atoms with Crippen LogP contribution >= 0.6 is 0 Å². The van der Waals surface area contributed by atoms with Gasteiger partial charge in [-0.2, -0.15) is 0 Å². The summed E-state index contributed by atoms with van der Waals surface area (Å²) in [7, 11) is 3.19. The Kier molecular flexibility index (Phi) is 4.75. The van der Waals surface area contributed by atoms with Crippen LogP contribution in [0.25, 0.3) is 0 Å². The highest BCUT2D eigenvalue weighted by Crippen LogP contribution is 2.19. The zero-order chi connectivity index (χ0) is 12.8. The van der Waals surface area contributed by atoms with Gasteiger partial charge in [-0.3, -0.25) is 4.79 Å². The third kappa shape index (κ3) is 3.94. The second-order valence-corrected chi connectivity index (χ2v) is 3.64. The fourth-order valence-electron chi connectivity index (χ4n) is 1.27. The van der Waals surface area contributed by atoms with Crippen molar-refractivity contribution in [3.63, 3.8) is 0 Å². The zero-order valence-electron chi connectivity index (χ0n) is 10.3. The van der Waals surface area contributed by atoms with Crippen LogP contribution in [-0.2, 0) is 4.79 Å². The third-order valence-corrected chi connectivity index (χ3v) is 2.45. The van der Waals surface area contributed by atoms with E-state index in [-0.39, 0.29) is 12.5 Å². The molecule has 0 aliphatic carbocycles. The molecule has 1 rings (SSSR count). The molecule has 0 saturated carbocycles. The number of methoxy groups -OCH3 is 1. The minimum absolute atomic E-state index is 0.0456. The second-order valence-electron chi connectivity index (χ2n) is 3.64. The molecule has 0 spiro atoms. The molecule has 17 heavy (non-hydrogen) atoms. The van der Waals surface area contributed by atoms with E-state index < -0.39 is 5.82 Å². The van der Waals surface area contributed by atoms with Crippen LogP contribution in [-0.4, -0.2) is 38.1 Å². The van der Waals surface area contributed by atoms with Crippen molar-refractivity contribution in [2.24, 2.45) is 0 Å². The van der Waals surface area contributed by atoms with E-state index in [1.807, 2.05) is 6.92 Å². The number of anilines is 1. The molecule has 1 amide bonds. The predicted octanol–water partition coefficient (Wildman–Crippen LogP) is 1.72. The molecule has 0 bridgehead atoms. The number of likely N-dealkylation sites (N-methyl/N-ethyl adjacent to an activating group) is 1. The van der Waals surface area contributed by atoms with Crippen LogP contribution in [0.4, 0.5) is 10.1 Å². The van der Waals surface area contributed by atoms with Gasteiger partial charge in [0.05, 0.1) is 13.7 Å². The predicted molar refractivity (Wildman–Crippen MR) is 64.8 cm³/mol. The maximum atomic E-state index is 13.1. The molecule has 0 radical (unpaired) electrons. The van der Waals surface area contributed by atoms with Crippen molar-refractivity contribution < 1.29 is 13.9 Å². The summed E-state index contributed by atoms with van der Waals surface area (Å²) in [5, 5.41) is 2.86. The molecule has 94 valence electrons. The van der Waals surface area contributed by atoms with Gasteiger partial charge in [-0.1, -0.05) is 0 Å². The minimum atomic E-state index is -0.400. The summed E-state index contributed by atoms with van der Waals surface area (Å²) in [6, 6.07) is 4.25. The molecule has 0 aliphatic heterocycles. The van der Waals surface area contributed by atoms with Crippen LogP contribution in [0.2, 0.25) is 0 Å². The van der Waals surface area contributed by atoms with Gasteiger partial charge < -0.3 is 15.0 Å². The second kappa shape index (κ2) is 6.08. The molecule has 0 saturated heterocycles. The Morgan fingerprint density at radius 2 is 2.18 bits per heavy atom. The van der Waals surface area contributed by atoms with E-state index in [0.717, 1.165) is 0 Å². The maximum absolute atomic E-state index is 13.1. The first-order chi connectivity index (χ1) is 8.06. The number of carbonyl (C=O) groups is 1. The average molecular weight is 240 g/mol. The van der Waals surface area contributed by atoms with E-state index in [4.69, 9.17) is 4.74 Å². The number of nitrogens with one attached hydrogen (secondary N) is 1. The normalized spacial score (nSPS) is 9.88. The van der Waals surface area contributed by atoms with Crippen LogP contribution in [0.1, 0.15) is 6.92 Å². The summed E-state index contributed by atoms with van der Waals surface area (Å²) in [6.45, 7) is 2.67. The Hall–Kier alpha value is -1.78. The number of ether oxygens (including phenoxy) is 1. The molecule has 0 aromatic heterocycles. The van der Waals surface area contributed by atoms with Gasteiger partial charge in [0.15, 0.2) is 0 Å². The van der Waals surface area contributed by atoms with Gasteiger partial charge >= 0.3 is 0 Å². The third-order valence-electron chi connectivity index (χ3n) is 2.45. The van der Waals surface area contributed by atoms with Crippen LogP contribution in [0.15, 0.2) is 18.2 Å². The number of hydrogen-bond donors (Lipinski definition) is 1. The fraction of sp³-hybridized carbons (Fsp3) is 0.417. The van der Waals surface area contributed by atoms with Crippen molar-refractivity contribution in [1.82, 2.24) is 4.90 Å². The lowest BCUT2D eigenvalue weighted by Gasteiger charge is -2.15. The standard InChI is InChI=1S/C12H17FN2O2/c1-4-15(2)12(16)8-14-10-5-9(13)6-11(7-10)17-3/h5-7,14H,4,8H2,1-3H3. The molecule has 4 nitrogen and oxygen atoms in total. The number of halogens is 1. The van der Waals surface area contributed by atoms with E-state index in [9.17, 15) is 9.18 Å². The van der Waals surface area contributed by atoms with Crippen LogP contribution < -0.4 is 10.1 Å². The highest BCUT2D eigenvalue weighted by molar-refractivity contribution is 5.80. The summed E-state index contributed by atoms with van der Waals surface area (Å²) in [6.07, 6.45) is 0. The van der Waals surface area contributed by atoms with Crippen molar-refractivity contribution in [1.29, 1.82) is 0 Å². The van der Waals surface area contributed by atoms with Crippen LogP contribution in [0.3, 0.4) is 0 Å². The van der Waals surface area contributed by atoms with Crippen molar-refractivity contribution in [2.75, 3.05) is 32.6 Å². The molecule has 0 fully saturated rings. The molecular formula is C12H17FN2O2. The summed E-state index contributed by atoms with van der Waals surface area (Å²) < 4.78 is 18.1. The lowest BCUT2D eigenvalue weighted by molar-refractivity contribution is -0.127. The number of hydrogen-bond acceptors (Lipinski definition) is 3. The van der Waals surface area contributed by atoms with Gasteiger partial charge in [-0.15, -0.1) is 0 Å². The Labute approximate surface area is 100 Å². The highest BCUT2D eigenvalue weighted by Gasteiger charge is 2.07. The van der Waals surface area contributed by atoms with Crippen LogP contribution in [0.5, 0.6) is 5.75 Å². The van der Waals surface area contributed by atoms with Crippen molar-refractivity contribution in [3.05, 3.63) is 24.0 Å². The van der Waals surface area contributed by atoms with E-state index >= 15 is 0 Å². The van der Waals surface area contributed by atoms with Crippen molar-refractivity contribution in [3.8, 4) is 5.75 Å². The van der Waals surface area contributed by atoms with Gasteiger partial charge in [-0.05, 0) is 13.0 Å². The van der Waals surface area contributed by atoms with Gasteiger partial charge in [-0.25, -0.2) is 4.39 Å². The molecule has 0 heterocycles. The Balaban J connectivity index is 2.63. The van der Waals surface area contributed by atoms with E-state index in [1.165, 1.54) is 19.2 Å². The maximum Gasteiger partial charge on any atom is 0.241 e. The lowest BCUT2D eigenvalue weighted by Crippen LogP contribution is -2.31. The summed E-state index contributed by atoms with van der Waals surface area (Å²) in [4.78, 5) is 13.1. The van der Waals surface area contributed by atoms with Gasteiger partial charge in [0, 0.05) is 31.4 Å². The molecule has 1 aromatic rings. The molecular weight excluding hydrogens is 223 g/mol. The SMILES string of the molecule is CCN(C)C(=O)CNc1cc(F)cc(OC)c1. The quantitative estimate of drug-likeness (QED) is 0.852. The van der Waals surface area contributed by atoms with Crippen molar-refractivity contribution in [2.45, 2.75) is 6.92 Å². The number of carbonyl (C=O) groups excluding carboxylic acids is 1. The number of rotatable bonds is 5. The average Bonchev–Trinajstić information content (AvgIpc) is 2.34. The summed E-state index contributed by atoms with van der Waals surface area (Å²) in [5.74, 6) is -0.0253. The highest BCUT2D eigenvalue weighted by atomic mass is 19.1.